The molecule has 0 fully saturated rings. The number of aromatic nitrogens is 3. The molecule has 0 saturated heterocycles. The van der Waals surface area contributed by atoms with Crippen molar-refractivity contribution in [3.63, 3.8) is 0 Å². The molecule has 0 aliphatic rings. The van der Waals surface area contributed by atoms with Crippen molar-refractivity contribution in [2.24, 2.45) is 0 Å². The minimum absolute atomic E-state index is 0.0612. The molecule has 2 rings (SSSR count). The second kappa shape index (κ2) is 4.72. The first-order valence-corrected chi connectivity index (χ1v) is 4.99. The molecule has 1 aromatic carbocycles. The lowest BCUT2D eigenvalue weighted by molar-refractivity contribution is 0.0697. The van der Waals surface area contributed by atoms with E-state index in [2.05, 4.69) is 20.5 Å². The van der Waals surface area contributed by atoms with Crippen LogP contribution in [0.3, 0.4) is 0 Å². The Hall–Kier alpha value is -2.97. The Morgan fingerprint density at radius 3 is 2.74 bits per heavy atom. The quantitative estimate of drug-likeness (QED) is 0.637. The SMILES string of the molecule is Nc1n[nH]c(C(=O)Nc2ccc(F)cc2C(=O)O)n1. The first kappa shape index (κ1) is 12.5. The van der Waals surface area contributed by atoms with Gasteiger partial charge in [-0.3, -0.25) is 9.89 Å². The van der Waals surface area contributed by atoms with Crippen molar-refractivity contribution in [1.82, 2.24) is 15.2 Å². The van der Waals surface area contributed by atoms with E-state index >= 15 is 0 Å². The van der Waals surface area contributed by atoms with Gasteiger partial charge in [-0.25, -0.2) is 9.18 Å². The predicted molar refractivity (Wildman–Crippen MR) is 62.1 cm³/mol. The number of rotatable bonds is 3. The van der Waals surface area contributed by atoms with Gasteiger partial charge in [0.15, 0.2) is 0 Å². The van der Waals surface area contributed by atoms with Gasteiger partial charge in [-0.05, 0) is 18.2 Å². The van der Waals surface area contributed by atoms with Crippen LogP contribution in [-0.2, 0) is 0 Å². The van der Waals surface area contributed by atoms with Gasteiger partial charge in [-0.1, -0.05) is 0 Å². The Labute approximate surface area is 105 Å². The normalized spacial score (nSPS) is 10.2. The van der Waals surface area contributed by atoms with Gasteiger partial charge in [0.1, 0.15) is 5.82 Å². The molecule has 8 nitrogen and oxygen atoms in total. The van der Waals surface area contributed by atoms with Crippen LogP contribution in [-0.4, -0.2) is 32.2 Å². The third-order valence-corrected chi connectivity index (χ3v) is 2.18. The molecule has 0 atom stereocenters. The number of H-pyrrole nitrogens is 1. The number of halogens is 1. The third-order valence-electron chi connectivity index (χ3n) is 2.18. The maximum atomic E-state index is 13.0. The topological polar surface area (TPSA) is 134 Å². The number of hydrogen-bond acceptors (Lipinski definition) is 5. The summed E-state index contributed by atoms with van der Waals surface area (Å²) in [5.74, 6) is -3.13. The first-order chi connectivity index (χ1) is 8.97. The Morgan fingerprint density at radius 2 is 2.16 bits per heavy atom. The molecular formula is C10H8FN5O3. The van der Waals surface area contributed by atoms with Crippen LogP contribution >= 0.6 is 0 Å². The molecule has 0 spiro atoms. The summed E-state index contributed by atoms with van der Waals surface area (Å²) < 4.78 is 13.0. The van der Waals surface area contributed by atoms with Crippen LogP contribution in [0, 0.1) is 5.82 Å². The van der Waals surface area contributed by atoms with Crippen molar-refractivity contribution in [1.29, 1.82) is 0 Å². The average Bonchev–Trinajstić information content (AvgIpc) is 2.78. The lowest BCUT2D eigenvalue weighted by Crippen LogP contribution is -2.16. The molecule has 0 unspecified atom stereocenters. The number of nitrogens with two attached hydrogens (primary N) is 1. The van der Waals surface area contributed by atoms with Crippen LogP contribution in [0.25, 0.3) is 0 Å². The van der Waals surface area contributed by atoms with Crippen molar-refractivity contribution in [3.8, 4) is 0 Å². The number of anilines is 2. The van der Waals surface area contributed by atoms with Gasteiger partial charge in [0.25, 0.3) is 5.91 Å². The highest BCUT2D eigenvalue weighted by Gasteiger charge is 2.16. The fraction of sp³-hybridized carbons (Fsp3) is 0. The average molecular weight is 265 g/mol. The molecule has 19 heavy (non-hydrogen) atoms. The van der Waals surface area contributed by atoms with Crippen molar-refractivity contribution >= 4 is 23.5 Å². The molecule has 0 aliphatic carbocycles. The fourth-order valence-electron chi connectivity index (χ4n) is 1.36. The van der Waals surface area contributed by atoms with Crippen LogP contribution in [0.1, 0.15) is 21.0 Å². The maximum absolute atomic E-state index is 13.0. The number of aromatic amines is 1. The van der Waals surface area contributed by atoms with Gasteiger partial charge in [-0.2, -0.15) is 4.98 Å². The molecule has 1 amide bonds. The molecule has 1 heterocycles. The zero-order valence-corrected chi connectivity index (χ0v) is 9.35. The number of nitrogens with one attached hydrogen (secondary N) is 2. The zero-order valence-electron chi connectivity index (χ0n) is 9.35. The molecule has 0 bridgehead atoms. The summed E-state index contributed by atoms with van der Waals surface area (Å²) in [6.07, 6.45) is 0. The number of amides is 1. The number of nitrogens with zero attached hydrogens (tertiary/aromatic N) is 2. The van der Waals surface area contributed by atoms with Gasteiger partial charge in [-0.15, -0.1) is 5.10 Å². The summed E-state index contributed by atoms with van der Waals surface area (Å²) in [5, 5.41) is 16.9. The summed E-state index contributed by atoms with van der Waals surface area (Å²) >= 11 is 0. The second-order valence-electron chi connectivity index (χ2n) is 3.49. The molecule has 5 N–H and O–H groups in total. The monoisotopic (exact) mass is 265 g/mol. The Balaban J connectivity index is 2.28. The molecule has 9 heteroatoms. The predicted octanol–water partition coefficient (Wildman–Crippen LogP) is 0.476. The van der Waals surface area contributed by atoms with E-state index in [-0.39, 0.29) is 23.0 Å². The van der Waals surface area contributed by atoms with E-state index in [0.717, 1.165) is 18.2 Å². The lowest BCUT2D eigenvalue weighted by atomic mass is 10.1. The Kier molecular flexibility index (Phi) is 3.10. The van der Waals surface area contributed by atoms with Gasteiger partial charge in [0.05, 0.1) is 11.3 Å². The molecule has 1 aromatic heterocycles. The maximum Gasteiger partial charge on any atom is 0.337 e. The van der Waals surface area contributed by atoms with Crippen LogP contribution < -0.4 is 11.1 Å². The summed E-state index contributed by atoms with van der Waals surface area (Å²) in [7, 11) is 0. The lowest BCUT2D eigenvalue weighted by Gasteiger charge is -2.06. The standard InChI is InChI=1S/C10H8FN5O3/c11-4-1-2-6(5(3-4)9(18)19)13-8(17)7-14-10(12)16-15-7/h1-3H,(H,13,17)(H,18,19)(H3,12,14,15,16). The van der Waals surface area contributed by atoms with Crippen molar-refractivity contribution < 1.29 is 19.1 Å². The number of hydrogen-bond donors (Lipinski definition) is 4. The van der Waals surface area contributed by atoms with Crippen LogP contribution in [0.15, 0.2) is 18.2 Å². The van der Waals surface area contributed by atoms with Crippen LogP contribution in [0.4, 0.5) is 16.0 Å². The summed E-state index contributed by atoms with van der Waals surface area (Å²) in [4.78, 5) is 26.2. The van der Waals surface area contributed by atoms with Gasteiger partial charge in [0, 0.05) is 0 Å². The zero-order chi connectivity index (χ0) is 14.0. The number of carbonyl (C=O) groups is 2. The van der Waals surface area contributed by atoms with Crippen molar-refractivity contribution in [2.75, 3.05) is 11.1 Å². The van der Waals surface area contributed by atoms with Gasteiger partial charge in [0.2, 0.25) is 11.8 Å². The fourth-order valence-corrected chi connectivity index (χ4v) is 1.36. The number of carbonyl (C=O) groups excluding carboxylic acids is 1. The highest BCUT2D eigenvalue weighted by molar-refractivity contribution is 6.05. The van der Waals surface area contributed by atoms with Gasteiger partial charge < -0.3 is 16.2 Å². The van der Waals surface area contributed by atoms with Crippen molar-refractivity contribution in [3.05, 3.63) is 35.4 Å². The minimum Gasteiger partial charge on any atom is -0.478 e. The van der Waals surface area contributed by atoms with Gasteiger partial charge >= 0.3 is 5.97 Å². The number of benzene rings is 1. The minimum atomic E-state index is -1.37. The highest BCUT2D eigenvalue weighted by atomic mass is 19.1. The summed E-state index contributed by atoms with van der Waals surface area (Å²) in [6.45, 7) is 0. The summed E-state index contributed by atoms with van der Waals surface area (Å²) in [6, 6.07) is 2.96. The number of nitrogen functional groups attached to an aromatic ring is 1. The highest BCUT2D eigenvalue weighted by Crippen LogP contribution is 2.17. The van der Waals surface area contributed by atoms with E-state index in [9.17, 15) is 14.0 Å². The van der Waals surface area contributed by atoms with E-state index in [1.807, 2.05) is 0 Å². The van der Waals surface area contributed by atoms with E-state index in [1.165, 1.54) is 0 Å². The van der Waals surface area contributed by atoms with Crippen LogP contribution in [0.5, 0.6) is 0 Å². The molecule has 0 saturated carbocycles. The number of aromatic carboxylic acids is 1. The van der Waals surface area contributed by atoms with Crippen LogP contribution in [0.2, 0.25) is 0 Å². The molecular weight excluding hydrogens is 257 g/mol. The number of carboxylic acids is 1. The Morgan fingerprint density at radius 1 is 1.42 bits per heavy atom. The van der Waals surface area contributed by atoms with E-state index in [1.54, 1.807) is 0 Å². The molecule has 98 valence electrons. The van der Waals surface area contributed by atoms with E-state index in [0.29, 0.717) is 0 Å². The number of carboxylic acid groups (broad SMARTS) is 1. The Bertz CT molecular complexity index is 654. The summed E-state index contributed by atoms with van der Waals surface area (Å²) in [5.41, 5.74) is 4.80. The molecule has 0 radical (unpaired) electrons. The van der Waals surface area contributed by atoms with Crippen molar-refractivity contribution in [2.45, 2.75) is 0 Å². The smallest absolute Gasteiger partial charge is 0.337 e. The van der Waals surface area contributed by atoms with E-state index in [4.69, 9.17) is 10.8 Å². The molecule has 2 aromatic rings. The second-order valence-corrected chi connectivity index (χ2v) is 3.49. The largest absolute Gasteiger partial charge is 0.478 e. The van der Waals surface area contributed by atoms with E-state index < -0.39 is 17.7 Å². The molecule has 0 aliphatic heterocycles. The first-order valence-electron chi connectivity index (χ1n) is 4.99. The third kappa shape index (κ3) is 2.65.